The number of carbonyl (C=O) groups excluding carboxylic acids is 1. The third-order valence-electron chi connectivity index (χ3n) is 4.61. The third-order valence-corrected chi connectivity index (χ3v) is 4.85. The van der Waals surface area contributed by atoms with Crippen LogP contribution in [0.4, 0.5) is 5.69 Å². The van der Waals surface area contributed by atoms with Gasteiger partial charge in [-0.3, -0.25) is 4.79 Å². The number of hydrogen-bond acceptors (Lipinski definition) is 3. The Labute approximate surface area is 176 Å². The first-order chi connectivity index (χ1) is 14.0. The van der Waals surface area contributed by atoms with Gasteiger partial charge in [0.25, 0.3) is 5.91 Å². The lowest BCUT2D eigenvalue weighted by atomic mass is 10.1. The van der Waals surface area contributed by atoms with Gasteiger partial charge in [0.05, 0.1) is 0 Å². The minimum atomic E-state index is -0.208. The topological polar surface area (TPSA) is 50.4 Å². The molecule has 1 atom stereocenters. The zero-order valence-corrected chi connectivity index (χ0v) is 17.4. The Balaban J connectivity index is 1.59. The van der Waals surface area contributed by atoms with Crippen LogP contribution >= 0.6 is 11.6 Å². The fourth-order valence-corrected chi connectivity index (χ4v) is 3.12. The van der Waals surface area contributed by atoms with Crippen molar-refractivity contribution in [1.29, 1.82) is 0 Å². The summed E-state index contributed by atoms with van der Waals surface area (Å²) in [7, 11) is 0. The van der Waals surface area contributed by atoms with Crippen LogP contribution in [0.2, 0.25) is 5.02 Å². The maximum absolute atomic E-state index is 12.2. The van der Waals surface area contributed by atoms with Crippen molar-refractivity contribution >= 4 is 23.2 Å². The van der Waals surface area contributed by atoms with Gasteiger partial charge >= 0.3 is 0 Å². The van der Waals surface area contributed by atoms with Crippen molar-refractivity contribution in [3.63, 3.8) is 0 Å². The van der Waals surface area contributed by atoms with Crippen LogP contribution in [0.1, 0.15) is 29.7 Å². The largest absolute Gasteiger partial charge is 0.483 e. The number of amides is 1. The molecular formula is C24H25ClN2O2. The summed E-state index contributed by atoms with van der Waals surface area (Å²) in [4.78, 5) is 12.2. The van der Waals surface area contributed by atoms with Gasteiger partial charge in [-0.15, -0.1) is 0 Å². The minimum Gasteiger partial charge on any atom is -0.483 e. The normalized spacial score (nSPS) is 11.7. The van der Waals surface area contributed by atoms with Crippen LogP contribution in [0.3, 0.4) is 0 Å². The van der Waals surface area contributed by atoms with Crippen LogP contribution in [0, 0.1) is 6.92 Å². The third kappa shape index (κ3) is 6.34. The Bertz CT molecular complexity index is 943. The van der Waals surface area contributed by atoms with Gasteiger partial charge in [0.2, 0.25) is 0 Å². The number of ether oxygens (including phenoxy) is 1. The average molecular weight is 409 g/mol. The summed E-state index contributed by atoms with van der Waals surface area (Å²) >= 11 is 6.17. The fraction of sp³-hybridized carbons (Fsp3) is 0.208. The van der Waals surface area contributed by atoms with E-state index in [2.05, 4.69) is 29.7 Å². The van der Waals surface area contributed by atoms with Crippen molar-refractivity contribution in [3.05, 3.63) is 94.5 Å². The highest BCUT2D eigenvalue weighted by Crippen LogP contribution is 2.24. The second-order valence-corrected chi connectivity index (χ2v) is 7.40. The minimum absolute atomic E-state index is 0.0727. The highest BCUT2D eigenvalue weighted by molar-refractivity contribution is 6.30. The van der Waals surface area contributed by atoms with E-state index in [0.29, 0.717) is 17.3 Å². The number of nitrogens with one attached hydrogen (secondary N) is 2. The molecule has 0 aliphatic heterocycles. The molecule has 5 heteroatoms. The summed E-state index contributed by atoms with van der Waals surface area (Å²) in [5, 5.41) is 6.94. The van der Waals surface area contributed by atoms with Gasteiger partial charge < -0.3 is 15.4 Å². The number of halogens is 1. The van der Waals surface area contributed by atoms with Gasteiger partial charge in [-0.25, -0.2) is 0 Å². The Morgan fingerprint density at radius 1 is 1.03 bits per heavy atom. The smallest absolute Gasteiger partial charge is 0.262 e. The number of aryl methyl sites for hydroxylation is 1. The molecule has 0 saturated carbocycles. The van der Waals surface area contributed by atoms with Crippen molar-refractivity contribution in [1.82, 2.24) is 5.32 Å². The highest BCUT2D eigenvalue weighted by atomic mass is 35.5. The highest BCUT2D eigenvalue weighted by Gasteiger charge is 2.11. The van der Waals surface area contributed by atoms with Crippen molar-refractivity contribution in [2.24, 2.45) is 0 Å². The van der Waals surface area contributed by atoms with E-state index >= 15 is 0 Å². The molecule has 0 fully saturated rings. The maximum atomic E-state index is 12.2. The molecule has 0 aromatic heterocycles. The standard InChI is InChI=1S/C24H25ClN2O2/c1-17-8-11-22(12-9-17)27-24(28)16-29-23-13-10-21(25)14-20(23)15-26-18(2)19-6-4-3-5-7-19/h3-14,18,26H,15-16H2,1-2H3,(H,27,28)/t18-/m0/s1. The van der Waals surface area contributed by atoms with E-state index in [1.807, 2.05) is 55.5 Å². The zero-order valence-electron chi connectivity index (χ0n) is 16.6. The van der Waals surface area contributed by atoms with Crippen LogP contribution in [0.5, 0.6) is 5.75 Å². The van der Waals surface area contributed by atoms with E-state index in [-0.39, 0.29) is 18.6 Å². The lowest BCUT2D eigenvalue weighted by molar-refractivity contribution is -0.118. The number of rotatable bonds is 8. The molecule has 1 amide bonds. The first kappa shape index (κ1) is 20.9. The molecule has 3 aromatic rings. The van der Waals surface area contributed by atoms with E-state index in [1.54, 1.807) is 12.1 Å². The summed E-state index contributed by atoms with van der Waals surface area (Å²) in [6.07, 6.45) is 0. The monoisotopic (exact) mass is 408 g/mol. The first-order valence-corrected chi connectivity index (χ1v) is 9.95. The molecule has 3 aromatic carbocycles. The van der Waals surface area contributed by atoms with Crippen molar-refractivity contribution < 1.29 is 9.53 Å². The van der Waals surface area contributed by atoms with Crippen LogP contribution in [0.15, 0.2) is 72.8 Å². The van der Waals surface area contributed by atoms with Gasteiger partial charge in [-0.2, -0.15) is 0 Å². The molecule has 4 nitrogen and oxygen atoms in total. The number of benzene rings is 3. The van der Waals surface area contributed by atoms with E-state index in [0.717, 1.165) is 16.8 Å². The Morgan fingerprint density at radius 3 is 2.48 bits per heavy atom. The van der Waals surface area contributed by atoms with Crippen LogP contribution in [-0.2, 0) is 11.3 Å². The van der Waals surface area contributed by atoms with Gasteiger partial charge in [-0.05, 0) is 49.7 Å². The van der Waals surface area contributed by atoms with Crippen LogP contribution in [-0.4, -0.2) is 12.5 Å². The van der Waals surface area contributed by atoms with Gasteiger partial charge in [0, 0.05) is 28.9 Å². The Hall–Kier alpha value is -2.82. The van der Waals surface area contributed by atoms with Crippen molar-refractivity contribution in [2.45, 2.75) is 26.4 Å². The average Bonchev–Trinajstić information content (AvgIpc) is 2.73. The molecule has 0 radical (unpaired) electrons. The molecule has 0 saturated heterocycles. The molecule has 3 rings (SSSR count). The van der Waals surface area contributed by atoms with Gasteiger partial charge in [0.15, 0.2) is 6.61 Å². The van der Waals surface area contributed by atoms with Gasteiger partial charge in [-0.1, -0.05) is 59.6 Å². The maximum Gasteiger partial charge on any atom is 0.262 e. The summed E-state index contributed by atoms with van der Waals surface area (Å²) in [6, 6.07) is 23.5. The second-order valence-electron chi connectivity index (χ2n) is 6.97. The zero-order chi connectivity index (χ0) is 20.6. The number of carbonyl (C=O) groups is 1. The Morgan fingerprint density at radius 2 is 1.76 bits per heavy atom. The molecule has 2 N–H and O–H groups in total. The predicted molar refractivity (Wildman–Crippen MR) is 118 cm³/mol. The molecule has 0 heterocycles. The first-order valence-electron chi connectivity index (χ1n) is 9.57. The van der Waals surface area contributed by atoms with Crippen molar-refractivity contribution in [3.8, 4) is 5.75 Å². The summed E-state index contributed by atoms with van der Waals surface area (Å²) < 4.78 is 5.78. The molecule has 150 valence electrons. The number of anilines is 1. The summed E-state index contributed by atoms with van der Waals surface area (Å²) in [5.41, 5.74) is 4.00. The van der Waals surface area contributed by atoms with E-state index in [9.17, 15) is 4.79 Å². The summed E-state index contributed by atoms with van der Waals surface area (Å²) in [6.45, 7) is 4.61. The molecule has 29 heavy (non-hydrogen) atoms. The van der Waals surface area contributed by atoms with Crippen molar-refractivity contribution in [2.75, 3.05) is 11.9 Å². The molecule has 0 aliphatic rings. The fourth-order valence-electron chi connectivity index (χ4n) is 2.93. The van der Waals surface area contributed by atoms with E-state index in [4.69, 9.17) is 16.3 Å². The predicted octanol–water partition coefficient (Wildman–Crippen LogP) is 5.52. The molecule has 0 aliphatic carbocycles. The lowest BCUT2D eigenvalue weighted by Gasteiger charge is -2.17. The van der Waals surface area contributed by atoms with E-state index in [1.165, 1.54) is 5.56 Å². The molecule has 0 unspecified atom stereocenters. The van der Waals surface area contributed by atoms with Crippen LogP contribution in [0.25, 0.3) is 0 Å². The quantitative estimate of drug-likeness (QED) is 0.516. The summed E-state index contributed by atoms with van der Waals surface area (Å²) in [5.74, 6) is 0.432. The van der Waals surface area contributed by atoms with Crippen LogP contribution < -0.4 is 15.4 Å². The molecule has 0 bridgehead atoms. The molecule has 0 spiro atoms. The lowest BCUT2D eigenvalue weighted by Crippen LogP contribution is -2.22. The van der Waals surface area contributed by atoms with Gasteiger partial charge in [0.1, 0.15) is 5.75 Å². The SMILES string of the molecule is Cc1ccc(NC(=O)COc2ccc(Cl)cc2CN[C@@H](C)c2ccccc2)cc1. The second kappa shape index (κ2) is 10.1. The van der Waals surface area contributed by atoms with E-state index < -0.39 is 0 Å². The number of hydrogen-bond donors (Lipinski definition) is 2. The Kier molecular flexibility index (Phi) is 7.28. The molecular weight excluding hydrogens is 384 g/mol.